The van der Waals surface area contributed by atoms with E-state index in [-0.39, 0.29) is 12.2 Å². The van der Waals surface area contributed by atoms with Gasteiger partial charge in [0.1, 0.15) is 0 Å². The predicted molar refractivity (Wildman–Crippen MR) is 89.5 cm³/mol. The maximum Gasteiger partial charge on any atom is 0.331 e. The van der Waals surface area contributed by atoms with E-state index in [1.54, 1.807) is 13.8 Å². The molecule has 0 saturated carbocycles. The number of hydrogen-bond donors (Lipinski definition) is 1. The van der Waals surface area contributed by atoms with Gasteiger partial charge in [0.25, 0.3) is 0 Å². The summed E-state index contributed by atoms with van der Waals surface area (Å²) >= 11 is 0. The van der Waals surface area contributed by atoms with Gasteiger partial charge in [0.2, 0.25) is 0 Å². The Balaban J connectivity index is 3.20. The molecule has 4 heteroatoms. The van der Waals surface area contributed by atoms with Gasteiger partial charge in [-0.2, -0.15) is 0 Å². The lowest BCUT2D eigenvalue weighted by molar-refractivity contribution is -0.137. The van der Waals surface area contributed by atoms with Crippen molar-refractivity contribution in [1.82, 2.24) is 0 Å². The number of allylic oxidation sites excluding steroid dienone is 2. The molecule has 0 spiro atoms. The first-order valence-electron chi connectivity index (χ1n) is 8.00. The summed E-state index contributed by atoms with van der Waals surface area (Å²) in [5.41, 5.74) is -0.905. The minimum atomic E-state index is -1.39. The molecule has 0 aromatic heterocycles. The number of ketones is 1. The van der Waals surface area contributed by atoms with Crippen LogP contribution in [0.2, 0.25) is 0 Å². The minimum absolute atomic E-state index is 0.00479. The van der Waals surface area contributed by atoms with Crippen LogP contribution >= 0.6 is 0 Å². The Hall–Kier alpha value is -1.86. The van der Waals surface area contributed by atoms with Crippen molar-refractivity contribution in [2.75, 3.05) is 6.61 Å². The topological polar surface area (TPSA) is 63.6 Å². The Morgan fingerprint density at radius 2 is 2.09 bits per heavy atom. The van der Waals surface area contributed by atoms with Crippen LogP contribution in [0.4, 0.5) is 0 Å². The molecular weight excluding hydrogens is 292 g/mol. The molecule has 1 atom stereocenters. The zero-order valence-corrected chi connectivity index (χ0v) is 14.7. The van der Waals surface area contributed by atoms with E-state index in [2.05, 4.69) is 11.8 Å². The van der Waals surface area contributed by atoms with Gasteiger partial charge in [-0.05, 0) is 31.9 Å². The van der Waals surface area contributed by atoms with Crippen molar-refractivity contribution in [3.63, 3.8) is 0 Å². The highest BCUT2D eigenvalue weighted by atomic mass is 16.5. The molecule has 23 heavy (non-hydrogen) atoms. The predicted octanol–water partition coefficient (Wildman–Crippen LogP) is 2.96. The molecule has 1 N–H and O–H groups in total. The fraction of sp³-hybridized carbons (Fsp3) is 0.579. The summed E-state index contributed by atoms with van der Waals surface area (Å²) in [5, 5.41) is 11.0. The van der Waals surface area contributed by atoms with Crippen molar-refractivity contribution in [3.05, 3.63) is 23.3 Å². The molecule has 0 aromatic rings. The second-order valence-corrected chi connectivity index (χ2v) is 6.49. The van der Waals surface area contributed by atoms with Gasteiger partial charge in [0, 0.05) is 23.5 Å². The summed E-state index contributed by atoms with van der Waals surface area (Å²) in [6, 6.07) is 0. The van der Waals surface area contributed by atoms with Crippen LogP contribution in [-0.2, 0) is 14.3 Å². The first kappa shape index (κ1) is 19.2. The number of carbonyl (C=O) groups excluding carboxylic acids is 2. The molecule has 4 nitrogen and oxygen atoms in total. The second-order valence-electron chi connectivity index (χ2n) is 6.49. The Bertz CT molecular complexity index is 599. The van der Waals surface area contributed by atoms with E-state index in [0.29, 0.717) is 24.2 Å². The molecular formula is C19H26O4. The van der Waals surface area contributed by atoms with E-state index < -0.39 is 17.0 Å². The van der Waals surface area contributed by atoms with Crippen molar-refractivity contribution >= 4 is 11.8 Å². The summed E-state index contributed by atoms with van der Waals surface area (Å²) in [5.74, 6) is 5.40. The molecule has 126 valence electrons. The number of rotatable bonds is 4. The molecule has 0 aliphatic heterocycles. The molecule has 0 aromatic carbocycles. The van der Waals surface area contributed by atoms with Crippen LogP contribution in [0.15, 0.2) is 23.3 Å². The molecule has 1 aliphatic carbocycles. The van der Waals surface area contributed by atoms with Gasteiger partial charge in [-0.25, -0.2) is 4.79 Å². The lowest BCUT2D eigenvalue weighted by atomic mass is 9.65. The van der Waals surface area contributed by atoms with E-state index in [9.17, 15) is 14.7 Å². The molecule has 1 aliphatic rings. The van der Waals surface area contributed by atoms with Crippen molar-refractivity contribution in [1.29, 1.82) is 0 Å². The van der Waals surface area contributed by atoms with Crippen LogP contribution in [0.5, 0.6) is 0 Å². The summed E-state index contributed by atoms with van der Waals surface area (Å²) in [6.07, 6.45) is 4.52. The van der Waals surface area contributed by atoms with E-state index >= 15 is 0 Å². The first-order chi connectivity index (χ1) is 10.7. The lowest BCUT2D eigenvalue weighted by Gasteiger charge is -2.42. The summed E-state index contributed by atoms with van der Waals surface area (Å²) in [7, 11) is 0. The fourth-order valence-electron chi connectivity index (χ4n) is 2.70. The van der Waals surface area contributed by atoms with Gasteiger partial charge < -0.3 is 9.84 Å². The third-order valence-corrected chi connectivity index (χ3v) is 4.05. The second kappa shape index (κ2) is 7.61. The zero-order valence-electron chi connectivity index (χ0n) is 14.7. The maximum atomic E-state index is 11.7. The Morgan fingerprint density at radius 3 is 2.61 bits per heavy atom. The van der Waals surface area contributed by atoms with Gasteiger partial charge in [-0.15, -0.1) is 0 Å². The Labute approximate surface area is 138 Å². The van der Waals surface area contributed by atoms with Gasteiger partial charge in [0.15, 0.2) is 11.4 Å². The van der Waals surface area contributed by atoms with Crippen LogP contribution in [-0.4, -0.2) is 29.1 Å². The Morgan fingerprint density at radius 1 is 1.43 bits per heavy atom. The standard InChI is InChI=1S/C19H26O4/c1-6-8-15(12-17(21)23-7-2)9-10-19(22)14(3)11-16(20)13-18(19,4)5/h11-12,22H,6-8,13H2,1-5H3. The normalized spacial score (nSPS) is 23.7. The minimum Gasteiger partial charge on any atom is -0.463 e. The van der Waals surface area contributed by atoms with Crippen LogP contribution in [0, 0.1) is 17.3 Å². The molecule has 0 saturated heterocycles. The zero-order chi connectivity index (χ0) is 17.7. The molecule has 0 radical (unpaired) electrons. The van der Waals surface area contributed by atoms with Crippen molar-refractivity contribution < 1.29 is 19.4 Å². The van der Waals surface area contributed by atoms with Gasteiger partial charge in [0.05, 0.1) is 6.61 Å². The lowest BCUT2D eigenvalue weighted by Crippen LogP contribution is -2.48. The van der Waals surface area contributed by atoms with Crippen LogP contribution in [0.1, 0.15) is 53.9 Å². The van der Waals surface area contributed by atoms with Crippen molar-refractivity contribution in [3.8, 4) is 11.8 Å². The third kappa shape index (κ3) is 4.56. The monoisotopic (exact) mass is 318 g/mol. The van der Waals surface area contributed by atoms with E-state index in [1.165, 1.54) is 12.2 Å². The third-order valence-electron chi connectivity index (χ3n) is 4.05. The van der Waals surface area contributed by atoms with Crippen LogP contribution in [0.25, 0.3) is 0 Å². The summed E-state index contributed by atoms with van der Waals surface area (Å²) < 4.78 is 4.91. The van der Waals surface area contributed by atoms with Crippen LogP contribution < -0.4 is 0 Å². The summed E-state index contributed by atoms with van der Waals surface area (Å²) in [4.78, 5) is 23.3. The highest BCUT2D eigenvalue weighted by molar-refractivity contribution is 5.93. The molecule has 0 fully saturated rings. The average molecular weight is 318 g/mol. The summed E-state index contributed by atoms with van der Waals surface area (Å²) in [6.45, 7) is 9.40. The number of carbonyl (C=O) groups is 2. The molecule has 0 amide bonds. The van der Waals surface area contributed by atoms with E-state index in [0.717, 1.165) is 6.42 Å². The number of aliphatic hydroxyl groups is 1. The Kier molecular flexibility index (Phi) is 6.35. The van der Waals surface area contributed by atoms with Gasteiger partial charge >= 0.3 is 5.97 Å². The molecule has 1 unspecified atom stereocenters. The van der Waals surface area contributed by atoms with Crippen molar-refractivity contribution in [2.24, 2.45) is 5.41 Å². The van der Waals surface area contributed by atoms with E-state index in [4.69, 9.17) is 4.74 Å². The maximum absolute atomic E-state index is 11.7. The highest BCUT2D eigenvalue weighted by Gasteiger charge is 2.47. The molecule has 1 rings (SSSR count). The average Bonchev–Trinajstić information content (AvgIpc) is 2.42. The molecule has 0 heterocycles. The highest BCUT2D eigenvalue weighted by Crippen LogP contribution is 2.42. The van der Waals surface area contributed by atoms with Crippen LogP contribution in [0.3, 0.4) is 0 Å². The van der Waals surface area contributed by atoms with Crippen molar-refractivity contribution in [2.45, 2.75) is 59.5 Å². The van der Waals surface area contributed by atoms with Gasteiger partial charge in [-0.3, -0.25) is 4.79 Å². The van der Waals surface area contributed by atoms with E-state index in [1.807, 2.05) is 20.8 Å². The molecule has 0 bridgehead atoms. The SMILES string of the molecule is CCCC(C#CC1(O)C(C)=CC(=O)CC1(C)C)=CC(=O)OCC. The fourth-order valence-corrected chi connectivity index (χ4v) is 2.70. The number of esters is 1. The number of hydrogen-bond acceptors (Lipinski definition) is 4. The quantitative estimate of drug-likeness (QED) is 0.492. The smallest absolute Gasteiger partial charge is 0.331 e. The number of ether oxygens (including phenoxy) is 1. The first-order valence-corrected chi connectivity index (χ1v) is 8.00. The largest absolute Gasteiger partial charge is 0.463 e. The van der Waals surface area contributed by atoms with Gasteiger partial charge in [-0.1, -0.05) is 39.0 Å².